The Morgan fingerprint density at radius 1 is 1.03 bits per heavy atom. The average Bonchev–Trinajstić information content (AvgIpc) is 3.49. The van der Waals surface area contributed by atoms with E-state index < -0.39 is 0 Å². The first kappa shape index (κ1) is 19.7. The Labute approximate surface area is 182 Å². The molecule has 1 aliphatic carbocycles. The first-order chi connectivity index (χ1) is 15.2. The molecule has 2 aliphatic rings. The number of nitrogens with one attached hydrogen (secondary N) is 1. The minimum Gasteiger partial charge on any atom is -0.486 e. The molecule has 0 radical (unpaired) electrons. The molecule has 31 heavy (non-hydrogen) atoms. The Balaban J connectivity index is 1.28. The normalized spacial score (nSPS) is 16.8. The molecule has 2 aromatic carbocycles. The van der Waals surface area contributed by atoms with Gasteiger partial charge < -0.3 is 14.8 Å². The van der Waals surface area contributed by atoms with E-state index in [1.54, 1.807) is 10.9 Å². The highest BCUT2D eigenvalue weighted by Gasteiger charge is 2.37. The number of hydrogen-bond acceptors (Lipinski definition) is 4. The van der Waals surface area contributed by atoms with Gasteiger partial charge in [0.25, 0.3) is 5.91 Å². The van der Waals surface area contributed by atoms with Crippen molar-refractivity contribution in [1.82, 2.24) is 15.1 Å². The van der Waals surface area contributed by atoms with Crippen molar-refractivity contribution in [2.24, 2.45) is 0 Å². The van der Waals surface area contributed by atoms with E-state index in [0.29, 0.717) is 31.9 Å². The van der Waals surface area contributed by atoms with Gasteiger partial charge in [0.2, 0.25) is 0 Å². The lowest BCUT2D eigenvalue weighted by Crippen LogP contribution is -2.39. The van der Waals surface area contributed by atoms with Crippen molar-refractivity contribution in [3.63, 3.8) is 0 Å². The van der Waals surface area contributed by atoms with Gasteiger partial charge in [-0.05, 0) is 36.1 Å². The summed E-state index contributed by atoms with van der Waals surface area (Å²) in [6, 6.07) is 16.3. The van der Waals surface area contributed by atoms with Crippen LogP contribution in [0.15, 0.2) is 60.9 Å². The fourth-order valence-electron chi connectivity index (χ4n) is 4.68. The van der Waals surface area contributed by atoms with Crippen LogP contribution in [0, 0.1) is 0 Å². The van der Waals surface area contributed by atoms with E-state index in [4.69, 9.17) is 9.47 Å². The molecule has 0 bridgehead atoms. The first-order valence-corrected chi connectivity index (χ1v) is 11.0. The summed E-state index contributed by atoms with van der Waals surface area (Å²) in [5.74, 6) is 1.53. The molecular formula is C25H27N3O3. The molecule has 0 spiro atoms. The SMILES string of the molecule is O=C(NCC1(c2ccc3c(c2)OCCO3)CCCC1)c1cnn(Cc2ccccc2)c1. The Morgan fingerprint density at radius 3 is 2.61 bits per heavy atom. The molecule has 1 amide bonds. The van der Waals surface area contributed by atoms with Gasteiger partial charge in [-0.15, -0.1) is 0 Å². The zero-order chi connectivity index (χ0) is 21.1. The quantitative estimate of drug-likeness (QED) is 0.660. The third-order valence-corrected chi connectivity index (χ3v) is 6.39. The monoisotopic (exact) mass is 417 g/mol. The van der Waals surface area contributed by atoms with E-state index in [9.17, 15) is 4.79 Å². The smallest absolute Gasteiger partial charge is 0.254 e. The minimum absolute atomic E-state index is 0.0640. The standard InChI is InChI=1S/C25H27N3O3/c29-24(20-15-27-28(17-20)16-19-6-2-1-3-7-19)26-18-25(10-4-5-11-25)21-8-9-22-23(14-21)31-13-12-30-22/h1-3,6-9,14-15,17H,4-5,10-13,16,18H2,(H,26,29). The van der Waals surface area contributed by atoms with E-state index in [-0.39, 0.29) is 11.3 Å². The zero-order valence-corrected chi connectivity index (χ0v) is 17.5. The fourth-order valence-corrected chi connectivity index (χ4v) is 4.68. The van der Waals surface area contributed by atoms with Crippen molar-refractivity contribution in [3.8, 4) is 11.5 Å². The second-order valence-electron chi connectivity index (χ2n) is 8.44. The summed E-state index contributed by atoms with van der Waals surface area (Å²) >= 11 is 0. The lowest BCUT2D eigenvalue weighted by Gasteiger charge is -2.31. The molecule has 5 rings (SSSR count). The number of carbonyl (C=O) groups excluding carboxylic acids is 1. The highest BCUT2D eigenvalue weighted by atomic mass is 16.6. The number of aromatic nitrogens is 2. The maximum atomic E-state index is 12.9. The summed E-state index contributed by atoms with van der Waals surface area (Å²) in [5.41, 5.74) is 2.90. The van der Waals surface area contributed by atoms with Crippen LogP contribution in [-0.4, -0.2) is 35.4 Å². The third kappa shape index (κ3) is 4.15. The maximum Gasteiger partial charge on any atom is 0.254 e. The number of benzene rings is 2. The predicted octanol–water partition coefficient (Wildman–Crippen LogP) is 3.94. The lowest BCUT2D eigenvalue weighted by molar-refractivity contribution is 0.0943. The van der Waals surface area contributed by atoms with E-state index in [1.807, 2.05) is 30.5 Å². The van der Waals surface area contributed by atoms with Crippen LogP contribution in [0.2, 0.25) is 0 Å². The van der Waals surface area contributed by atoms with Gasteiger partial charge in [0.15, 0.2) is 11.5 Å². The summed E-state index contributed by atoms with van der Waals surface area (Å²) in [6.45, 7) is 2.42. The summed E-state index contributed by atoms with van der Waals surface area (Å²) in [7, 11) is 0. The number of amides is 1. The van der Waals surface area contributed by atoms with Crippen LogP contribution < -0.4 is 14.8 Å². The summed E-state index contributed by atoms with van der Waals surface area (Å²) in [4.78, 5) is 12.9. The maximum absolute atomic E-state index is 12.9. The zero-order valence-electron chi connectivity index (χ0n) is 17.5. The van der Waals surface area contributed by atoms with E-state index >= 15 is 0 Å². The number of rotatable bonds is 6. The fraction of sp³-hybridized carbons (Fsp3) is 0.360. The Bertz CT molecular complexity index is 1050. The van der Waals surface area contributed by atoms with Crippen molar-refractivity contribution in [2.45, 2.75) is 37.6 Å². The van der Waals surface area contributed by atoms with Crippen LogP contribution in [0.4, 0.5) is 0 Å². The Morgan fingerprint density at radius 2 is 1.81 bits per heavy atom. The number of nitrogens with zero attached hydrogens (tertiary/aromatic N) is 2. The van der Waals surface area contributed by atoms with Crippen LogP contribution in [0.3, 0.4) is 0 Å². The van der Waals surface area contributed by atoms with E-state index in [0.717, 1.165) is 29.9 Å². The van der Waals surface area contributed by atoms with E-state index in [2.05, 4.69) is 34.7 Å². The topological polar surface area (TPSA) is 65.4 Å². The van der Waals surface area contributed by atoms with Crippen molar-refractivity contribution in [2.75, 3.05) is 19.8 Å². The van der Waals surface area contributed by atoms with Gasteiger partial charge in [0.05, 0.1) is 18.3 Å². The molecule has 3 aromatic rings. The molecule has 6 heteroatoms. The number of fused-ring (bicyclic) bond motifs is 1. The van der Waals surface area contributed by atoms with Gasteiger partial charge in [-0.25, -0.2) is 0 Å². The summed E-state index contributed by atoms with van der Waals surface area (Å²) in [5, 5.41) is 7.53. The van der Waals surface area contributed by atoms with Gasteiger partial charge in [-0.1, -0.05) is 49.2 Å². The highest BCUT2D eigenvalue weighted by molar-refractivity contribution is 5.93. The second-order valence-corrected chi connectivity index (χ2v) is 8.44. The van der Waals surface area contributed by atoms with Crippen molar-refractivity contribution < 1.29 is 14.3 Å². The average molecular weight is 418 g/mol. The van der Waals surface area contributed by atoms with Crippen LogP contribution in [0.5, 0.6) is 11.5 Å². The van der Waals surface area contributed by atoms with Crippen LogP contribution in [0.25, 0.3) is 0 Å². The van der Waals surface area contributed by atoms with Gasteiger partial charge >= 0.3 is 0 Å². The minimum atomic E-state index is -0.0804. The second kappa shape index (κ2) is 8.46. The molecule has 0 atom stereocenters. The molecule has 1 saturated carbocycles. The molecule has 1 aromatic heterocycles. The van der Waals surface area contributed by atoms with Crippen LogP contribution >= 0.6 is 0 Å². The van der Waals surface area contributed by atoms with Crippen molar-refractivity contribution >= 4 is 5.91 Å². The van der Waals surface area contributed by atoms with Gasteiger partial charge in [-0.2, -0.15) is 5.10 Å². The summed E-state index contributed by atoms with van der Waals surface area (Å²) in [6.07, 6.45) is 7.90. The lowest BCUT2D eigenvalue weighted by atomic mass is 9.78. The third-order valence-electron chi connectivity index (χ3n) is 6.39. The van der Waals surface area contributed by atoms with Crippen molar-refractivity contribution in [3.05, 3.63) is 77.6 Å². The Hall–Kier alpha value is -3.28. The van der Waals surface area contributed by atoms with Gasteiger partial charge in [0.1, 0.15) is 13.2 Å². The summed E-state index contributed by atoms with van der Waals surface area (Å²) < 4.78 is 13.3. The van der Waals surface area contributed by atoms with Crippen LogP contribution in [-0.2, 0) is 12.0 Å². The molecule has 6 nitrogen and oxygen atoms in total. The van der Waals surface area contributed by atoms with Gasteiger partial charge in [-0.3, -0.25) is 9.48 Å². The molecule has 0 saturated heterocycles. The predicted molar refractivity (Wildman–Crippen MR) is 118 cm³/mol. The molecule has 1 N–H and O–H groups in total. The van der Waals surface area contributed by atoms with E-state index in [1.165, 1.54) is 18.4 Å². The largest absolute Gasteiger partial charge is 0.486 e. The number of carbonyl (C=O) groups is 1. The highest BCUT2D eigenvalue weighted by Crippen LogP contribution is 2.43. The van der Waals surface area contributed by atoms with Crippen molar-refractivity contribution in [1.29, 1.82) is 0 Å². The number of ether oxygens (including phenoxy) is 2. The van der Waals surface area contributed by atoms with Crippen LogP contribution in [0.1, 0.15) is 47.2 Å². The molecule has 160 valence electrons. The molecule has 1 fully saturated rings. The molecular weight excluding hydrogens is 390 g/mol. The first-order valence-electron chi connectivity index (χ1n) is 11.0. The molecule has 2 heterocycles. The van der Waals surface area contributed by atoms with Gasteiger partial charge in [0, 0.05) is 18.2 Å². The molecule has 0 unspecified atom stereocenters. The molecule has 1 aliphatic heterocycles. The Kier molecular flexibility index (Phi) is 5.37. The number of hydrogen-bond donors (Lipinski definition) is 1.